The summed E-state index contributed by atoms with van der Waals surface area (Å²) in [5.74, 6) is 2.62. The minimum absolute atomic E-state index is 0.0990. The summed E-state index contributed by atoms with van der Waals surface area (Å²) in [5.41, 5.74) is 0. The molecule has 7 heteroatoms. The smallest absolute Gasteiger partial charge is 0.223 e. The number of hydrogen-bond acceptors (Lipinski definition) is 5. The van der Waals surface area contributed by atoms with Crippen molar-refractivity contribution in [1.82, 2.24) is 9.80 Å². The molecular weight excluding hydrogens is 328 g/mol. The molecule has 1 saturated carbocycles. The molecule has 0 spiro atoms. The molecule has 3 aliphatic rings. The molecule has 4 rings (SSSR count). The standard InChI is InChI=1S/C17H24N2O4S/c1-12-2-5-14(23-12)9-18-6-7-19(17(20)8-13-3-4-13)16-11-24(21,22)10-15(16)18/h2,5,13,15-16H,3-4,6-11H2,1H3/t15-,16+/m0/s1. The fourth-order valence-electron chi connectivity index (χ4n) is 3.99. The molecule has 1 aliphatic carbocycles. The number of furan rings is 1. The third kappa shape index (κ3) is 3.24. The van der Waals surface area contributed by atoms with Gasteiger partial charge in [0.05, 0.1) is 24.1 Å². The predicted octanol–water partition coefficient (Wildman–Crippen LogP) is 1.20. The van der Waals surface area contributed by atoms with Crippen LogP contribution in [0.3, 0.4) is 0 Å². The van der Waals surface area contributed by atoms with Gasteiger partial charge in [0.25, 0.3) is 0 Å². The molecule has 3 heterocycles. The van der Waals surface area contributed by atoms with Gasteiger partial charge in [0, 0.05) is 25.6 Å². The zero-order valence-electron chi connectivity index (χ0n) is 14.0. The summed E-state index contributed by atoms with van der Waals surface area (Å²) in [6, 6.07) is 3.55. The molecule has 2 aliphatic heterocycles. The number of carbonyl (C=O) groups excluding carboxylic acids is 1. The zero-order valence-corrected chi connectivity index (χ0v) is 14.8. The first kappa shape index (κ1) is 16.1. The van der Waals surface area contributed by atoms with Crippen molar-refractivity contribution >= 4 is 15.7 Å². The van der Waals surface area contributed by atoms with Crippen LogP contribution in [0.4, 0.5) is 0 Å². The van der Waals surface area contributed by atoms with Gasteiger partial charge in [-0.3, -0.25) is 9.69 Å². The van der Waals surface area contributed by atoms with Gasteiger partial charge in [-0.1, -0.05) is 0 Å². The van der Waals surface area contributed by atoms with E-state index < -0.39 is 9.84 Å². The van der Waals surface area contributed by atoms with E-state index in [1.807, 2.05) is 24.0 Å². The first-order valence-electron chi connectivity index (χ1n) is 8.70. The van der Waals surface area contributed by atoms with E-state index in [1.54, 1.807) is 0 Å². The quantitative estimate of drug-likeness (QED) is 0.814. The van der Waals surface area contributed by atoms with Crippen molar-refractivity contribution < 1.29 is 17.6 Å². The summed E-state index contributed by atoms with van der Waals surface area (Å²) in [5, 5.41) is 0. The van der Waals surface area contributed by atoms with E-state index >= 15 is 0 Å². The van der Waals surface area contributed by atoms with Gasteiger partial charge in [0.15, 0.2) is 9.84 Å². The van der Waals surface area contributed by atoms with Crippen molar-refractivity contribution in [2.24, 2.45) is 5.92 Å². The van der Waals surface area contributed by atoms with Crippen molar-refractivity contribution in [3.8, 4) is 0 Å². The Labute approximate surface area is 142 Å². The Morgan fingerprint density at radius 2 is 1.96 bits per heavy atom. The minimum Gasteiger partial charge on any atom is -0.465 e. The summed E-state index contributed by atoms with van der Waals surface area (Å²) in [6.45, 7) is 3.82. The van der Waals surface area contributed by atoms with E-state index in [0.717, 1.165) is 24.4 Å². The van der Waals surface area contributed by atoms with Crippen LogP contribution in [0.15, 0.2) is 16.5 Å². The maximum absolute atomic E-state index is 12.6. The lowest BCUT2D eigenvalue weighted by atomic mass is 10.0. The molecule has 1 aromatic rings. The molecular formula is C17H24N2O4S. The number of hydrogen-bond donors (Lipinski definition) is 0. The first-order chi connectivity index (χ1) is 11.4. The highest BCUT2D eigenvalue weighted by molar-refractivity contribution is 7.91. The zero-order chi connectivity index (χ0) is 16.9. The van der Waals surface area contributed by atoms with Crippen LogP contribution in [0.1, 0.15) is 30.8 Å². The highest BCUT2D eigenvalue weighted by Gasteiger charge is 2.48. The number of carbonyl (C=O) groups is 1. The van der Waals surface area contributed by atoms with Gasteiger partial charge >= 0.3 is 0 Å². The average molecular weight is 352 g/mol. The minimum atomic E-state index is -3.09. The third-order valence-electron chi connectivity index (χ3n) is 5.43. The van der Waals surface area contributed by atoms with Crippen LogP contribution in [-0.2, 0) is 21.2 Å². The van der Waals surface area contributed by atoms with Crippen LogP contribution < -0.4 is 0 Å². The van der Waals surface area contributed by atoms with Gasteiger partial charge in [0.2, 0.25) is 5.91 Å². The molecule has 24 heavy (non-hydrogen) atoms. The number of piperazine rings is 1. The fourth-order valence-corrected chi connectivity index (χ4v) is 6.00. The summed E-state index contributed by atoms with van der Waals surface area (Å²) in [4.78, 5) is 16.6. The predicted molar refractivity (Wildman–Crippen MR) is 89.1 cm³/mol. The molecule has 0 N–H and O–H groups in total. The van der Waals surface area contributed by atoms with Gasteiger partial charge in [-0.2, -0.15) is 0 Å². The van der Waals surface area contributed by atoms with Gasteiger partial charge in [0.1, 0.15) is 11.5 Å². The molecule has 3 fully saturated rings. The second-order valence-electron chi connectivity index (χ2n) is 7.43. The molecule has 0 aromatic carbocycles. The van der Waals surface area contributed by atoms with Gasteiger partial charge in [-0.25, -0.2) is 8.42 Å². The Hall–Kier alpha value is -1.34. The lowest BCUT2D eigenvalue weighted by molar-refractivity contribution is -0.137. The number of rotatable bonds is 4. The van der Waals surface area contributed by atoms with Crippen LogP contribution in [0, 0.1) is 12.8 Å². The summed E-state index contributed by atoms with van der Waals surface area (Å²) < 4.78 is 30.1. The lowest BCUT2D eigenvalue weighted by Gasteiger charge is -2.43. The van der Waals surface area contributed by atoms with E-state index in [9.17, 15) is 13.2 Å². The fraction of sp³-hybridized carbons (Fsp3) is 0.706. The van der Waals surface area contributed by atoms with Crippen molar-refractivity contribution in [3.63, 3.8) is 0 Å². The molecule has 0 bridgehead atoms. The van der Waals surface area contributed by atoms with E-state index in [-0.39, 0.29) is 29.5 Å². The average Bonchev–Trinajstić information content (AvgIpc) is 3.12. The van der Waals surface area contributed by atoms with Crippen LogP contribution in [0.2, 0.25) is 0 Å². The summed E-state index contributed by atoms with van der Waals surface area (Å²) in [6.07, 6.45) is 2.85. The van der Waals surface area contributed by atoms with Crippen LogP contribution >= 0.6 is 0 Å². The highest BCUT2D eigenvalue weighted by atomic mass is 32.2. The van der Waals surface area contributed by atoms with Crippen LogP contribution in [0.5, 0.6) is 0 Å². The van der Waals surface area contributed by atoms with Gasteiger partial charge in [-0.15, -0.1) is 0 Å². The number of sulfone groups is 1. The highest BCUT2D eigenvalue weighted by Crippen LogP contribution is 2.35. The molecule has 2 atom stereocenters. The molecule has 0 unspecified atom stereocenters. The molecule has 0 radical (unpaired) electrons. The maximum atomic E-state index is 12.6. The van der Waals surface area contributed by atoms with Crippen molar-refractivity contribution in [3.05, 3.63) is 23.7 Å². The van der Waals surface area contributed by atoms with Gasteiger partial charge in [-0.05, 0) is 37.8 Å². The molecule has 132 valence electrons. The summed E-state index contributed by atoms with van der Waals surface area (Å²) >= 11 is 0. The topological polar surface area (TPSA) is 70.8 Å². The Balaban J connectivity index is 1.52. The molecule has 1 aromatic heterocycles. The second-order valence-corrected chi connectivity index (χ2v) is 9.58. The number of fused-ring (bicyclic) bond motifs is 1. The SMILES string of the molecule is Cc1ccc(CN2CCN(C(=O)CC3CC3)[C@@H]3CS(=O)(=O)C[C@@H]32)o1. The van der Waals surface area contributed by atoms with Gasteiger partial charge < -0.3 is 9.32 Å². The normalized spacial score (nSPS) is 29.6. The largest absolute Gasteiger partial charge is 0.465 e. The van der Waals surface area contributed by atoms with E-state index in [1.165, 1.54) is 0 Å². The van der Waals surface area contributed by atoms with Crippen molar-refractivity contribution in [2.75, 3.05) is 24.6 Å². The Morgan fingerprint density at radius 3 is 2.62 bits per heavy atom. The Morgan fingerprint density at radius 1 is 1.21 bits per heavy atom. The summed E-state index contributed by atoms with van der Waals surface area (Å²) in [7, 11) is -3.09. The lowest BCUT2D eigenvalue weighted by Crippen LogP contribution is -2.60. The van der Waals surface area contributed by atoms with Crippen molar-refractivity contribution in [2.45, 2.75) is 44.8 Å². The monoisotopic (exact) mass is 352 g/mol. The first-order valence-corrected chi connectivity index (χ1v) is 10.5. The number of amides is 1. The van der Waals surface area contributed by atoms with E-state index in [2.05, 4.69) is 4.90 Å². The molecule has 6 nitrogen and oxygen atoms in total. The third-order valence-corrected chi connectivity index (χ3v) is 7.13. The molecule has 1 amide bonds. The van der Waals surface area contributed by atoms with E-state index in [4.69, 9.17) is 4.42 Å². The maximum Gasteiger partial charge on any atom is 0.223 e. The Bertz CT molecular complexity index is 738. The van der Waals surface area contributed by atoms with Crippen molar-refractivity contribution in [1.29, 1.82) is 0 Å². The van der Waals surface area contributed by atoms with Crippen LogP contribution in [0.25, 0.3) is 0 Å². The van der Waals surface area contributed by atoms with E-state index in [0.29, 0.717) is 32.0 Å². The number of nitrogens with zero attached hydrogens (tertiary/aromatic N) is 2. The second kappa shape index (κ2) is 5.88. The molecule has 2 saturated heterocycles. The van der Waals surface area contributed by atoms with Crippen LogP contribution in [-0.4, -0.2) is 60.8 Å². The number of aryl methyl sites for hydroxylation is 1. The Kier molecular flexibility index (Phi) is 3.95.